The van der Waals surface area contributed by atoms with Crippen LogP contribution < -0.4 is 14.8 Å². The molecule has 0 aromatic heterocycles. The van der Waals surface area contributed by atoms with E-state index < -0.39 is 0 Å². The van der Waals surface area contributed by atoms with Gasteiger partial charge >= 0.3 is 5.97 Å². The van der Waals surface area contributed by atoms with E-state index in [2.05, 4.69) is 10.1 Å². The Labute approximate surface area is 106 Å². The lowest BCUT2D eigenvalue weighted by atomic mass is 10.2. The molecule has 1 aromatic rings. The van der Waals surface area contributed by atoms with Crippen LogP contribution >= 0.6 is 0 Å². The van der Waals surface area contributed by atoms with Crippen LogP contribution in [0, 0.1) is 0 Å². The molecule has 0 aliphatic carbocycles. The van der Waals surface area contributed by atoms with Gasteiger partial charge in [-0.1, -0.05) is 0 Å². The lowest BCUT2D eigenvalue weighted by Gasteiger charge is -2.13. The number of carbonyl (C=O) groups is 1. The van der Waals surface area contributed by atoms with Crippen molar-refractivity contribution in [3.63, 3.8) is 0 Å². The first kappa shape index (κ1) is 12.7. The summed E-state index contributed by atoms with van der Waals surface area (Å²) in [7, 11) is 3.01. The van der Waals surface area contributed by atoms with Crippen molar-refractivity contribution in [2.24, 2.45) is 0 Å². The number of rotatable bonds is 4. The first-order valence-electron chi connectivity index (χ1n) is 5.85. The number of ether oxygens (including phenoxy) is 3. The highest BCUT2D eigenvalue weighted by atomic mass is 16.5. The molecule has 5 nitrogen and oxygen atoms in total. The van der Waals surface area contributed by atoms with E-state index in [9.17, 15) is 4.79 Å². The summed E-state index contributed by atoms with van der Waals surface area (Å²) in [5.74, 6) is 1.32. The van der Waals surface area contributed by atoms with Crippen LogP contribution in [-0.2, 0) is 9.53 Å². The van der Waals surface area contributed by atoms with Crippen molar-refractivity contribution in [2.45, 2.75) is 18.6 Å². The fourth-order valence-electron chi connectivity index (χ4n) is 1.96. The molecule has 0 amide bonds. The predicted octanol–water partition coefficient (Wildman–Crippen LogP) is 0.977. The van der Waals surface area contributed by atoms with Gasteiger partial charge in [-0.3, -0.25) is 4.79 Å². The van der Waals surface area contributed by atoms with Crippen LogP contribution in [0.5, 0.6) is 11.5 Å². The van der Waals surface area contributed by atoms with Gasteiger partial charge < -0.3 is 19.5 Å². The molecule has 18 heavy (non-hydrogen) atoms. The largest absolute Gasteiger partial charge is 0.497 e. The second-order valence-electron chi connectivity index (χ2n) is 4.14. The number of esters is 1. The monoisotopic (exact) mass is 251 g/mol. The van der Waals surface area contributed by atoms with Crippen LogP contribution in [0.1, 0.15) is 6.42 Å². The zero-order chi connectivity index (χ0) is 13.0. The molecule has 1 aromatic carbocycles. The van der Waals surface area contributed by atoms with E-state index in [-0.39, 0.29) is 18.1 Å². The van der Waals surface area contributed by atoms with Crippen LogP contribution in [0.4, 0.5) is 0 Å². The van der Waals surface area contributed by atoms with Crippen LogP contribution in [0.2, 0.25) is 0 Å². The third kappa shape index (κ3) is 2.92. The summed E-state index contributed by atoms with van der Waals surface area (Å²) in [5.41, 5.74) is 0. The Hall–Kier alpha value is -1.75. The van der Waals surface area contributed by atoms with E-state index in [0.717, 1.165) is 11.5 Å². The van der Waals surface area contributed by atoms with E-state index >= 15 is 0 Å². The minimum atomic E-state index is -0.266. The summed E-state index contributed by atoms with van der Waals surface area (Å²) in [6.07, 6.45) is 0.612. The number of hydrogen-bond acceptors (Lipinski definition) is 5. The Balaban J connectivity index is 1.89. The maximum Gasteiger partial charge on any atom is 0.323 e. The van der Waals surface area contributed by atoms with E-state index in [1.54, 1.807) is 7.11 Å². The maximum absolute atomic E-state index is 11.3. The molecule has 0 bridgehead atoms. The summed E-state index contributed by atoms with van der Waals surface area (Å²) < 4.78 is 15.5. The van der Waals surface area contributed by atoms with Crippen molar-refractivity contribution in [1.29, 1.82) is 0 Å². The number of nitrogens with one attached hydrogen (secondary N) is 1. The lowest BCUT2D eigenvalue weighted by molar-refractivity contribution is -0.142. The van der Waals surface area contributed by atoms with Crippen molar-refractivity contribution in [2.75, 3.05) is 20.8 Å². The third-order valence-corrected chi connectivity index (χ3v) is 2.94. The molecule has 0 radical (unpaired) electrons. The minimum Gasteiger partial charge on any atom is -0.497 e. The molecule has 0 spiro atoms. The van der Waals surface area contributed by atoms with Crippen molar-refractivity contribution in [3.05, 3.63) is 24.3 Å². The molecule has 1 aliphatic rings. The number of carbonyl (C=O) groups excluding carboxylic acids is 1. The van der Waals surface area contributed by atoms with E-state index in [1.165, 1.54) is 7.11 Å². The Morgan fingerprint density at radius 3 is 2.50 bits per heavy atom. The zero-order valence-electron chi connectivity index (χ0n) is 10.5. The van der Waals surface area contributed by atoms with Gasteiger partial charge in [-0.25, -0.2) is 0 Å². The van der Waals surface area contributed by atoms with Gasteiger partial charge in [-0.05, 0) is 24.3 Å². The average molecular weight is 251 g/mol. The first-order chi connectivity index (χ1) is 8.72. The number of methoxy groups -OCH3 is 2. The normalized spacial score (nSPS) is 22.6. The van der Waals surface area contributed by atoms with Crippen molar-refractivity contribution < 1.29 is 19.0 Å². The summed E-state index contributed by atoms with van der Waals surface area (Å²) in [6.45, 7) is 0.645. The van der Waals surface area contributed by atoms with Gasteiger partial charge in [0.05, 0.1) is 14.2 Å². The Kier molecular flexibility index (Phi) is 4.04. The van der Waals surface area contributed by atoms with Crippen LogP contribution in [-0.4, -0.2) is 38.9 Å². The molecule has 1 heterocycles. The Bertz CT molecular complexity index is 404. The van der Waals surface area contributed by atoms with Crippen molar-refractivity contribution in [1.82, 2.24) is 5.32 Å². The average Bonchev–Trinajstić information content (AvgIpc) is 2.87. The van der Waals surface area contributed by atoms with E-state index in [1.807, 2.05) is 24.3 Å². The Morgan fingerprint density at radius 2 is 1.89 bits per heavy atom. The SMILES string of the molecule is COC(=O)[C@@H]1C[C@@H](Oc2ccc(OC)cc2)CN1. The van der Waals surface area contributed by atoms with Crippen LogP contribution in [0.15, 0.2) is 24.3 Å². The summed E-state index contributed by atoms with van der Waals surface area (Å²) in [6, 6.07) is 7.12. The third-order valence-electron chi connectivity index (χ3n) is 2.94. The standard InChI is InChI=1S/C13H17NO4/c1-16-9-3-5-10(6-4-9)18-11-7-12(14-8-11)13(15)17-2/h3-6,11-12,14H,7-8H2,1-2H3/t11-,12+/m1/s1. The highest BCUT2D eigenvalue weighted by Gasteiger charge is 2.31. The van der Waals surface area contributed by atoms with Gasteiger partial charge in [0.25, 0.3) is 0 Å². The molecule has 0 saturated carbocycles. The fourth-order valence-corrected chi connectivity index (χ4v) is 1.96. The van der Waals surface area contributed by atoms with Crippen LogP contribution in [0.3, 0.4) is 0 Å². The summed E-state index contributed by atoms with van der Waals surface area (Å²) >= 11 is 0. The molecule has 2 atom stereocenters. The summed E-state index contributed by atoms with van der Waals surface area (Å²) in [4.78, 5) is 11.3. The quantitative estimate of drug-likeness (QED) is 0.808. The zero-order valence-corrected chi connectivity index (χ0v) is 10.5. The molecule has 1 N–H and O–H groups in total. The molecule has 98 valence electrons. The first-order valence-corrected chi connectivity index (χ1v) is 5.85. The fraction of sp³-hybridized carbons (Fsp3) is 0.462. The Morgan fingerprint density at radius 1 is 1.22 bits per heavy atom. The molecular weight excluding hydrogens is 234 g/mol. The smallest absolute Gasteiger partial charge is 0.323 e. The maximum atomic E-state index is 11.3. The van der Waals surface area contributed by atoms with E-state index in [0.29, 0.717) is 13.0 Å². The van der Waals surface area contributed by atoms with Gasteiger partial charge in [0.2, 0.25) is 0 Å². The molecule has 5 heteroatoms. The molecule has 1 aliphatic heterocycles. The van der Waals surface area contributed by atoms with Gasteiger partial charge in [0.1, 0.15) is 23.6 Å². The molecule has 1 fully saturated rings. The van der Waals surface area contributed by atoms with Crippen molar-refractivity contribution >= 4 is 5.97 Å². The number of hydrogen-bond donors (Lipinski definition) is 1. The van der Waals surface area contributed by atoms with Gasteiger partial charge in [-0.15, -0.1) is 0 Å². The minimum absolute atomic E-state index is 0.0116. The molecule has 1 saturated heterocycles. The predicted molar refractivity (Wildman–Crippen MR) is 65.8 cm³/mol. The lowest BCUT2D eigenvalue weighted by Crippen LogP contribution is -2.31. The topological polar surface area (TPSA) is 56.8 Å². The van der Waals surface area contributed by atoms with Crippen molar-refractivity contribution in [3.8, 4) is 11.5 Å². The second kappa shape index (κ2) is 5.73. The number of benzene rings is 1. The van der Waals surface area contributed by atoms with Gasteiger partial charge in [0.15, 0.2) is 0 Å². The molecular formula is C13H17NO4. The summed E-state index contributed by atoms with van der Waals surface area (Å²) in [5, 5.41) is 3.08. The second-order valence-corrected chi connectivity index (χ2v) is 4.14. The van der Waals surface area contributed by atoms with Crippen LogP contribution in [0.25, 0.3) is 0 Å². The molecule has 2 rings (SSSR count). The van der Waals surface area contributed by atoms with Gasteiger partial charge in [0, 0.05) is 13.0 Å². The van der Waals surface area contributed by atoms with E-state index in [4.69, 9.17) is 9.47 Å². The highest BCUT2D eigenvalue weighted by molar-refractivity contribution is 5.76. The molecule has 0 unspecified atom stereocenters. The van der Waals surface area contributed by atoms with Gasteiger partial charge in [-0.2, -0.15) is 0 Å². The highest BCUT2D eigenvalue weighted by Crippen LogP contribution is 2.21.